The van der Waals surface area contributed by atoms with Crippen LogP contribution in [0.2, 0.25) is 0 Å². The van der Waals surface area contributed by atoms with Crippen LogP contribution in [-0.4, -0.2) is 28.8 Å². The van der Waals surface area contributed by atoms with Gasteiger partial charge in [0.05, 0.1) is 12.0 Å². The first kappa shape index (κ1) is 16.7. The Kier molecular flexibility index (Phi) is 4.28. The summed E-state index contributed by atoms with van der Waals surface area (Å²) in [6.45, 7) is 3.74. The summed E-state index contributed by atoms with van der Waals surface area (Å²) >= 11 is 0. The number of nitrogens with one attached hydrogen (secondary N) is 2. The maximum Gasteiger partial charge on any atom is 0.231 e. The van der Waals surface area contributed by atoms with Crippen molar-refractivity contribution in [3.63, 3.8) is 0 Å². The van der Waals surface area contributed by atoms with Crippen molar-refractivity contribution in [2.45, 2.75) is 25.8 Å². The van der Waals surface area contributed by atoms with Crippen LogP contribution in [0.25, 0.3) is 11.1 Å². The zero-order valence-corrected chi connectivity index (χ0v) is 14.6. The fourth-order valence-corrected chi connectivity index (χ4v) is 2.93. The molecule has 3 rings (SSSR count). The first-order chi connectivity index (χ1) is 11.9. The smallest absolute Gasteiger partial charge is 0.231 e. The van der Waals surface area contributed by atoms with Gasteiger partial charge in [-0.2, -0.15) is 0 Å². The number of hydrogen-bond donors (Lipinski definition) is 2. The third-order valence-corrected chi connectivity index (χ3v) is 4.45. The Balaban J connectivity index is 1.99. The molecule has 0 aliphatic carbocycles. The number of benzene rings is 1. The van der Waals surface area contributed by atoms with Gasteiger partial charge >= 0.3 is 0 Å². The van der Waals surface area contributed by atoms with Gasteiger partial charge in [0.15, 0.2) is 5.96 Å². The van der Waals surface area contributed by atoms with E-state index in [9.17, 15) is 4.79 Å². The van der Waals surface area contributed by atoms with E-state index < -0.39 is 5.54 Å². The number of amides is 1. The van der Waals surface area contributed by atoms with Crippen LogP contribution >= 0.6 is 0 Å². The molecule has 0 spiro atoms. The molecule has 5 nitrogen and oxygen atoms in total. The lowest BCUT2D eigenvalue weighted by Gasteiger charge is -2.39. The van der Waals surface area contributed by atoms with Crippen molar-refractivity contribution in [1.82, 2.24) is 15.2 Å². The van der Waals surface area contributed by atoms with Crippen LogP contribution in [0.15, 0.2) is 42.7 Å². The molecule has 1 aromatic carbocycles. The minimum atomic E-state index is -0.648. The molecule has 126 valence electrons. The summed E-state index contributed by atoms with van der Waals surface area (Å²) in [5, 5.41) is 11.1. The van der Waals surface area contributed by atoms with Gasteiger partial charge in [-0.1, -0.05) is 18.1 Å². The van der Waals surface area contributed by atoms with Crippen LogP contribution in [0.3, 0.4) is 0 Å². The third kappa shape index (κ3) is 3.24. The maximum absolute atomic E-state index is 12.2. The minimum Gasteiger partial charge on any atom is -0.346 e. The van der Waals surface area contributed by atoms with E-state index in [2.05, 4.69) is 22.1 Å². The minimum absolute atomic E-state index is 0.0862. The quantitative estimate of drug-likeness (QED) is 0.831. The summed E-state index contributed by atoms with van der Waals surface area (Å²) in [6, 6.07) is 9.99. The van der Waals surface area contributed by atoms with Crippen molar-refractivity contribution in [2.24, 2.45) is 0 Å². The molecule has 1 saturated heterocycles. The first-order valence-corrected chi connectivity index (χ1v) is 8.05. The Hall–Kier alpha value is -3.13. The highest BCUT2D eigenvalue weighted by atomic mass is 16.2. The molecule has 0 saturated carbocycles. The second-order valence-electron chi connectivity index (χ2n) is 6.35. The van der Waals surface area contributed by atoms with E-state index >= 15 is 0 Å². The normalized spacial score (nSPS) is 19.9. The molecular weight excluding hydrogens is 312 g/mol. The van der Waals surface area contributed by atoms with E-state index in [0.717, 1.165) is 22.3 Å². The molecule has 2 aromatic rings. The third-order valence-electron chi connectivity index (χ3n) is 4.45. The second-order valence-corrected chi connectivity index (χ2v) is 6.35. The SMILES string of the molecule is CC#Cc1cccc(-c2cncc([C@]3(C)CC(=O)N(C)C(=N)N3)c2)c1. The number of aromatic nitrogens is 1. The van der Waals surface area contributed by atoms with Crippen molar-refractivity contribution < 1.29 is 4.79 Å². The summed E-state index contributed by atoms with van der Waals surface area (Å²) in [5.41, 5.74) is 3.16. The fraction of sp³-hybridized carbons (Fsp3) is 0.250. The van der Waals surface area contributed by atoms with Gasteiger partial charge in [-0.25, -0.2) is 0 Å². The summed E-state index contributed by atoms with van der Waals surface area (Å²) in [5.74, 6) is 5.98. The van der Waals surface area contributed by atoms with E-state index in [1.54, 1.807) is 19.4 Å². The highest BCUT2D eigenvalue weighted by Gasteiger charge is 2.38. The summed E-state index contributed by atoms with van der Waals surface area (Å²) in [4.78, 5) is 17.9. The molecule has 1 aliphatic rings. The number of pyridine rings is 1. The van der Waals surface area contributed by atoms with Gasteiger partial charge in [-0.05, 0) is 43.2 Å². The zero-order chi connectivity index (χ0) is 18.0. The van der Waals surface area contributed by atoms with Crippen LogP contribution in [0.1, 0.15) is 31.4 Å². The average molecular weight is 332 g/mol. The molecule has 2 heterocycles. The Morgan fingerprint density at radius 3 is 2.80 bits per heavy atom. The number of rotatable bonds is 2. The molecule has 0 radical (unpaired) electrons. The van der Waals surface area contributed by atoms with E-state index in [1.807, 2.05) is 44.2 Å². The Morgan fingerprint density at radius 2 is 2.08 bits per heavy atom. The standard InChI is InChI=1S/C20H20N4O/c1-4-6-14-7-5-8-15(9-14)16-10-17(13-22-12-16)20(2)11-18(25)24(3)19(21)23-20/h5,7-10,12-13H,11H2,1-3H3,(H2,21,23)/t20-/m0/s1. The number of carbonyl (C=O) groups excluding carboxylic acids is 1. The van der Waals surface area contributed by atoms with E-state index in [4.69, 9.17) is 5.41 Å². The first-order valence-electron chi connectivity index (χ1n) is 8.05. The molecule has 2 N–H and O–H groups in total. The predicted molar refractivity (Wildman–Crippen MR) is 97.8 cm³/mol. The molecule has 1 amide bonds. The van der Waals surface area contributed by atoms with Crippen LogP contribution in [-0.2, 0) is 10.3 Å². The number of hydrogen-bond acceptors (Lipinski definition) is 3. The number of carbonyl (C=O) groups is 1. The summed E-state index contributed by atoms with van der Waals surface area (Å²) < 4.78 is 0. The molecule has 0 bridgehead atoms. The van der Waals surface area contributed by atoms with Gasteiger partial charge in [0.2, 0.25) is 5.91 Å². The van der Waals surface area contributed by atoms with Gasteiger partial charge in [-0.15, -0.1) is 5.92 Å². The Morgan fingerprint density at radius 1 is 1.28 bits per heavy atom. The van der Waals surface area contributed by atoms with Crippen molar-refractivity contribution in [2.75, 3.05) is 7.05 Å². The lowest BCUT2D eigenvalue weighted by molar-refractivity contribution is -0.129. The highest BCUT2D eigenvalue weighted by Crippen LogP contribution is 2.31. The van der Waals surface area contributed by atoms with Crippen LogP contribution < -0.4 is 5.32 Å². The van der Waals surface area contributed by atoms with Gasteiger partial charge in [0.25, 0.3) is 0 Å². The maximum atomic E-state index is 12.2. The number of guanidine groups is 1. The largest absolute Gasteiger partial charge is 0.346 e. The predicted octanol–water partition coefficient (Wildman–Crippen LogP) is 2.72. The molecule has 0 unspecified atom stereocenters. The van der Waals surface area contributed by atoms with E-state index in [0.29, 0.717) is 0 Å². The molecule has 5 heteroatoms. The lowest BCUT2D eigenvalue weighted by atomic mass is 9.86. The van der Waals surface area contributed by atoms with Gasteiger partial charge in [0.1, 0.15) is 0 Å². The lowest BCUT2D eigenvalue weighted by Crippen LogP contribution is -2.58. The monoisotopic (exact) mass is 332 g/mol. The molecule has 1 atom stereocenters. The summed E-state index contributed by atoms with van der Waals surface area (Å²) in [7, 11) is 1.60. The molecule has 1 aliphatic heterocycles. The van der Waals surface area contributed by atoms with Gasteiger partial charge < -0.3 is 5.32 Å². The highest BCUT2D eigenvalue weighted by molar-refractivity contribution is 5.98. The average Bonchev–Trinajstić information content (AvgIpc) is 2.60. The van der Waals surface area contributed by atoms with Crippen LogP contribution in [0.5, 0.6) is 0 Å². The van der Waals surface area contributed by atoms with Crippen molar-refractivity contribution >= 4 is 11.9 Å². The van der Waals surface area contributed by atoms with E-state index in [-0.39, 0.29) is 18.3 Å². The Bertz CT molecular complexity index is 889. The van der Waals surface area contributed by atoms with E-state index in [1.165, 1.54) is 4.90 Å². The van der Waals surface area contributed by atoms with Gasteiger partial charge in [-0.3, -0.25) is 20.1 Å². The van der Waals surface area contributed by atoms with Gasteiger partial charge in [0, 0.05) is 30.6 Å². The van der Waals surface area contributed by atoms with Crippen molar-refractivity contribution in [1.29, 1.82) is 5.41 Å². The molecule has 1 aromatic heterocycles. The zero-order valence-electron chi connectivity index (χ0n) is 14.6. The molecule has 25 heavy (non-hydrogen) atoms. The fourth-order valence-electron chi connectivity index (χ4n) is 2.93. The van der Waals surface area contributed by atoms with Crippen LogP contribution in [0, 0.1) is 17.3 Å². The van der Waals surface area contributed by atoms with Crippen molar-refractivity contribution in [3.05, 3.63) is 53.9 Å². The Labute approximate surface area is 147 Å². The van der Waals surface area contributed by atoms with Crippen molar-refractivity contribution in [3.8, 4) is 23.0 Å². The molecule has 1 fully saturated rings. The second kappa shape index (κ2) is 6.40. The summed E-state index contributed by atoms with van der Waals surface area (Å²) in [6.07, 6.45) is 3.82. The molecular formula is C20H20N4O. The van der Waals surface area contributed by atoms with Crippen LogP contribution in [0.4, 0.5) is 0 Å². The topological polar surface area (TPSA) is 69.1 Å². The number of nitrogens with zero attached hydrogens (tertiary/aromatic N) is 2.